The van der Waals surface area contributed by atoms with Gasteiger partial charge in [0.1, 0.15) is 11.5 Å². The average Bonchev–Trinajstić information content (AvgIpc) is 2.42. The van der Waals surface area contributed by atoms with Crippen LogP contribution in [0, 0.1) is 0 Å². The van der Waals surface area contributed by atoms with E-state index < -0.39 is 0 Å². The molecule has 1 N–H and O–H groups in total. The first-order valence-electron chi connectivity index (χ1n) is 6.73. The van der Waals surface area contributed by atoms with E-state index in [9.17, 15) is 0 Å². The number of hydrogen-bond donors (Lipinski definition) is 1. The Labute approximate surface area is 110 Å². The molecule has 0 aliphatic carbocycles. The number of nitrogens with one attached hydrogen (secondary N) is 1. The van der Waals surface area contributed by atoms with Gasteiger partial charge in [0.15, 0.2) is 0 Å². The molecule has 0 saturated heterocycles. The minimum atomic E-state index is 0.516. The van der Waals surface area contributed by atoms with Crippen molar-refractivity contribution >= 4 is 5.69 Å². The van der Waals surface area contributed by atoms with Gasteiger partial charge in [0.2, 0.25) is 0 Å². The van der Waals surface area contributed by atoms with Crippen LogP contribution in [-0.4, -0.2) is 20.3 Å². The Hall–Kier alpha value is -1.38. The number of methoxy groups -OCH3 is 2. The summed E-state index contributed by atoms with van der Waals surface area (Å²) in [5.74, 6) is 1.64. The van der Waals surface area contributed by atoms with Crippen LogP contribution in [0.15, 0.2) is 18.2 Å². The highest BCUT2D eigenvalue weighted by Crippen LogP contribution is 2.27. The fraction of sp³-hybridized carbons (Fsp3) is 0.600. The molecule has 1 unspecified atom stereocenters. The van der Waals surface area contributed by atoms with Gasteiger partial charge in [-0.1, -0.05) is 26.7 Å². The summed E-state index contributed by atoms with van der Waals surface area (Å²) in [7, 11) is 3.35. The number of anilines is 1. The zero-order valence-corrected chi connectivity index (χ0v) is 12.0. The lowest BCUT2D eigenvalue weighted by Crippen LogP contribution is -2.18. The second-order valence-corrected chi connectivity index (χ2v) is 4.49. The van der Waals surface area contributed by atoms with E-state index >= 15 is 0 Å². The van der Waals surface area contributed by atoms with Crippen LogP contribution >= 0.6 is 0 Å². The van der Waals surface area contributed by atoms with Crippen LogP contribution in [0.5, 0.6) is 11.5 Å². The zero-order valence-electron chi connectivity index (χ0n) is 12.0. The summed E-state index contributed by atoms with van der Waals surface area (Å²) in [6, 6.07) is 6.42. The summed E-state index contributed by atoms with van der Waals surface area (Å²) < 4.78 is 10.5. The SMILES string of the molecule is CCCCC(CC)Nc1cc(OC)cc(OC)c1. The zero-order chi connectivity index (χ0) is 13.4. The molecule has 0 aliphatic rings. The van der Waals surface area contributed by atoms with Crippen LogP contribution in [0.3, 0.4) is 0 Å². The molecule has 1 aromatic carbocycles. The van der Waals surface area contributed by atoms with Crippen molar-refractivity contribution in [2.75, 3.05) is 19.5 Å². The number of hydrogen-bond acceptors (Lipinski definition) is 3. The maximum atomic E-state index is 5.27. The molecule has 1 aromatic rings. The second-order valence-electron chi connectivity index (χ2n) is 4.49. The van der Waals surface area contributed by atoms with Crippen LogP contribution in [0.25, 0.3) is 0 Å². The van der Waals surface area contributed by atoms with Crippen molar-refractivity contribution in [2.24, 2.45) is 0 Å². The van der Waals surface area contributed by atoms with Crippen LogP contribution in [0.1, 0.15) is 39.5 Å². The Balaban J connectivity index is 2.74. The molecule has 18 heavy (non-hydrogen) atoms. The molecule has 0 spiro atoms. The topological polar surface area (TPSA) is 30.5 Å². The van der Waals surface area contributed by atoms with E-state index in [0.717, 1.165) is 23.6 Å². The third-order valence-electron chi connectivity index (χ3n) is 3.12. The third-order valence-corrected chi connectivity index (χ3v) is 3.12. The molecule has 0 heterocycles. The third kappa shape index (κ3) is 4.47. The van der Waals surface area contributed by atoms with Crippen molar-refractivity contribution in [3.8, 4) is 11.5 Å². The molecular formula is C15H25NO2. The van der Waals surface area contributed by atoms with Crippen molar-refractivity contribution < 1.29 is 9.47 Å². The van der Waals surface area contributed by atoms with Gasteiger partial charge in [0.25, 0.3) is 0 Å². The van der Waals surface area contributed by atoms with Gasteiger partial charge in [-0.05, 0) is 12.8 Å². The lowest BCUT2D eigenvalue weighted by atomic mass is 10.1. The molecule has 0 bridgehead atoms. The van der Waals surface area contributed by atoms with Gasteiger partial charge < -0.3 is 14.8 Å². The molecular weight excluding hydrogens is 226 g/mol. The highest BCUT2D eigenvalue weighted by Gasteiger charge is 2.07. The smallest absolute Gasteiger partial charge is 0.124 e. The minimum absolute atomic E-state index is 0.516. The van der Waals surface area contributed by atoms with E-state index in [2.05, 4.69) is 19.2 Å². The van der Waals surface area contributed by atoms with E-state index in [-0.39, 0.29) is 0 Å². The van der Waals surface area contributed by atoms with Gasteiger partial charge in [-0.15, -0.1) is 0 Å². The van der Waals surface area contributed by atoms with Gasteiger partial charge >= 0.3 is 0 Å². The quantitative estimate of drug-likeness (QED) is 0.755. The first kappa shape index (κ1) is 14.7. The van der Waals surface area contributed by atoms with Gasteiger partial charge in [0, 0.05) is 29.9 Å². The van der Waals surface area contributed by atoms with Crippen molar-refractivity contribution in [1.82, 2.24) is 0 Å². The number of rotatable bonds is 8. The Morgan fingerprint density at radius 1 is 1.06 bits per heavy atom. The van der Waals surface area contributed by atoms with Gasteiger partial charge in [-0.3, -0.25) is 0 Å². The summed E-state index contributed by atoms with van der Waals surface area (Å²) >= 11 is 0. The Bertz CT molecular complexity index is 330. The van der Waals surface area contributed by atoms with Gasteiger partial charge in [-0.2, -0.15) is 0 Å². The van der Waals surface area contributed by atoms with E-state index in [1.165, 1.54) is 19.3 Å². The second kappa shape index (κ2) is 7.85. The molecule has 3 heteroatoms. The van der Waals surface area contributed by atoms with Crippen molar-refractivity contribution in [3.05, 3.63) is 18.2 Å². The van der Waals surface area contributed by atoms with Crippen LogP contribution in [-0.2, 0) is 0 Å². The average molecular weight is 251 g/mol. The summed E-state index contributed by atoms with van der Waals surface area (Å²) in [6.07, 6.45) is 4.82. The van der Waals surface area contributed by atoms with Crippen LogP contribution in [0.2, 0.25) is 0 Å². The Kier molecular flexibility index (Phi) is 6.40. The maximum Gasteiger partial charge on any atom is 0.124 e. The molecule has 102 valence electrons. The molecule has 0 aliphatic heterocycles. The molecule has 3 nitrogen and oxygen atoms in total. The summed E-state index contributed by atoms with van der Waals surface area (Å²) in [4.78, 5) is 0. The summed E-state index contributed by atoms with van der Waals surface area (Å²) in [5, 5.41) is 3.55. The van der Waals surface area contributed by atoms with Gasteiger partial charge in [-0.25, -0.2) is 0 Å². The molecule has 0 aromatic heterocycles. The number of ether oxygens (including phenoxy) is 2. The van der Waals surface area contributed by atoms with E-state index in [1.54, 1.807) is 14.2 Å². The van der Waals surface area contributed by atoms with Crippen molar-refractivity contribution in [1.29, 1.82) is 0 Å². The predicted octanol–water partition coefficient (Wildman–Crippen LogP) is 4.08. The van der Waals surface area contributed by atoms with Crippen LogP contribution in [0.4, 0.5) is 5.69 Å². The fourth-order valence-corrected chi connectivity index (χ4v) is 1.96. The highest BCUT2D eigenvalue weighted by atomic mass is 16.5. The first-order chi connectivity index (χ1) is 8.73. The Morgan fingerprint density at radius 2 is 1.67 bits per heavy atom. The standard InChI is InChI=1S/C15H25NO2/c1-5-7-8-12(6-2)16-13-9-14(17-3)11-15(10-13)18-4/h9-12,16H,5-8H2,1-4H3. The van der Waals surface area contributed by atoms with E-state index in [0.29, 0.717) is 6.04 Å². The normalized spacial score (nSPS) is 12.0. The highest BCUT2D eigenvalue weighted by molar-refractivity contribution is 5.54. The summed E-state index contributed by atoms with van der Waals surface area (Å²) in [5.41, 5.74) is 1.06. The minimum Gasteiger partial charge on any atom is -0.497 e. The number of benzene rings is 1. The van der Waals surface area contributed by atoms with Crippen LogP contribution < -0.4 is 14.8 Å². The van der Waals surface area contributed by atoms with Crippen molar-refractivity contribution in [2.45, 2.75) is 45.6 Å². The molecule has 0 amide bonds. The predicted molar refractivity (Wildman–Crippen MR) is 76.8 cm³/mol. The summed E-state index contributed by atoms with van der Waals surface area (Å²) in [6.45, 7) is 4.44. The lowest BCUT2D eigenvalue weighted by Gasteiger charge is -2.19. The monoisotopic (exact) mass is 251 g/mol. The molecule has 0 radical (unpaired) electrons. The molecule has 0 fully saturated rings. The Morgan fingerprint density at radius 3 is 2.11 bits per heavy atom. The molecule has 1 rings (SSSR count). The molecule has 0 saturated carbocycles. The first-order valence-corrected chi connectivity index (χ1v) is 6.73. The van der Waals surface area contributed by atoms with Gasteiger partial charge in [0.05, 0.1) is 14.2 Å². The molecule has 1 atom stereocenters. The van der Waals surface area contributed by atoms with Crippen molar-refractivity contribution in [3.63, 3.8) is 0 Å². The van der Waals surface area contributed by atoms with E-state index in [1.807, 2.05) is 18.2 Å². The largest absolute Gasteiger partial charge is 0.497 e. The maximum absolute atomic E-state index is 5.27. The van der Waals surface area contributed by atoms with E-state index in [4.69, 9.17) is 9.47 Å². The fourth-order valence-electron chi connectivity index (χ4n) is 1.96. The number of unbranched alkanes of at least 4 members (excludes halogenated alkanes) is 1. The lowest BCUT2D eigenvalue weighted by molar-refractivity contribution is 0.394.